The van der Waals surface area contributed by atoms with Gasteiger partial charge in [0.15, 0.2) is 9.84 Å². The van der Waals surface area contributed by atoms with E-state index in [-0.39, 0.29) is 23.1 Å². The van der Waals surface area contributed by atoms with Crippen molar-refractivity contribution in [3.05, 3.63) is 0 Å². The Labute approximate surface area is 126 Å². The maximum atomic E-state index is 11.9. The van der Waals surface area contributed by atoms with Crippen LogP contribution >= 0.6 is 0 Å². The maximum absolute atomic E-state index is 11.9. The van der Waals surface area contributed by atoms with Crippen molar-refractivity contribution in [3.8, 4) is 0 Å². The predicted molar refractivity (Wildman–Crippen MR) is 81.0 cm³/mol. The van der Waals surface area contributed by atoms with Gasteiger partial charge in [-0.2, -0.15) is 0 Å². The summed E-state index contributed by atoms with van der Waals surface area (Å²) in [6.45, 7) is 6.11. The average Bonchev–Trinajstić information content (AvgIpc) is 2.59. The molecule has 7 heteroatoms. The number of hydrogen-bond acceptors (Lipinski definition) is 5. The number of rotatable bonds is 4. The van der Waals surface area contributed by atoms with Crippen LogP contribution in [0.2, 0.25) is 0 Å². The van der Waals surface area contributed by atoms with Crippen molar-refractivity contribution in [2.75, 3.05) is 18.1 Å². The van der Waals surface area contributed by atoms with Crippen LogP contribution in [-0.2, 0) is 14.6 Å². The number of carbonyl (C=O) groups is 1. The number of sulfone groups is 1. The first-order valence-electron chi connectivity index (χ1n) is 7.54. The van der Waals surface area contributed by atoms with E-state index in [0.29, 0.717) is 13.0 Å². The SMILES string of the molecule is CC(C)(C)OC(=O)NC1(CNC2CCS(=O)(=O)C2)CCC1. The summed E-state index contributed by atoms with van der Waals surface area (Å²) < 4.78 is 28.2. The molecule has 2 rings (SSSR count). The zero-order chi connectivity index (χ0) is 15.7. The molecule has 0 radical (unpaired) electrons. The van der Waals surface area contributed by atoms with E-state index in [4.69, 9.17) is 4.74 Å². The molecule has 1 aliphatic heterocycles. The van der Waals surface area contributed by atoms with Crippen LogP contribution in [0.15, 0.2) is 0 Å². The fourth-order valence-electron chi connectivity index (χ4n) is 2.77. The minimum absolute atomic E-state index is 0.00733. The van der Waals surface area contributed by atoms with Crippen molar-refractivity contribution in [1.29, 1.82) is 0 Å². The van der Waals surface area contributed by atoms with Crippen molar-refractivity contribution in [2.24, 2.45) is 0 Å². The third kappa shape index (κ3) is 4.85. The normalized spacial score (nSPS) is 26.9. The Bertz CT molecular complexity index is 492. The van der Waals surface area contributed by atoms with E-state index in [0.717, 1.165) is 19.3 Å². The number of hydrogen-bond donors (Lipinski definition) is 2. The summed E-state index contributed by atoms with van der Waals surface area (Å²) in [5.74, 6) is 0.465. The minimum atomic E-state index is -2.87. The summed E-state index contributed by atoms with van der Waals surface area (Å²) in [5, 5.41) is 6.26. The molecule has 1 heterocycles. The molecule has 1 aliphatic carbocycles. The lowest BCUT2D eigenvalue weighted by atomic mass is 9.76. The molecule has 0 aromatic heterocycles. The summed E-state index contributed by atoms with van der Waals surface area (Å²) in [6.07, 6.45) is 3.13. The van der Waals surface area contributed by atoms with Crippen LogP contribution in [0, 0.1) is 0 Å². The molecule has 21 heavy (non-hydrogen) atoms. The van der Waals surface area contributed by atoms with Crippen molar-refractivity contribution >= 4 is 15.9 Å². The van der Waals surface area contributed by atoms with Crippen molar-refractivity contribution in [2.45, 2.75) is 63.6 Å². The molecule has 1 unspecified atom stereocenters. The molecule has 0 aromatic carbocycles. The van der Waals surface area contributed by atoms with Gasteiger partial charge in [0.2, 0.25) is 0 Å². The van der Waals surface area contributed by atoms with E-state index < -0.39 is 21.5 Å². The van der Waals surface area contributed by atoms with E-state index in [1.807, 2.05) is 20.8 Å². The van der Waals surface area contributed by atoms with Gasteiger partial charge in [0.25, 0.3) is 0 Å². The Morgan fingerprint density at radius 3 is 2.43 bits per heavy atom. The molecule has 1 amide bonds. The number of nitrogens with one attached hydrogen (secondary N) is 2. The van der Waals surface area contributed by atoms with Gasteiger partial charge in [-0.05, 0) is 46.5 Å². The van der Waals surface area contributed by atoms with Gasteiger partial charge >= 0.3 is 6.09 Å². The molecule has 0 bridgehead atoms. The second-order valence-corrected chi connectivity index (χ2v) is 9.47. The van der Waals surface area contributed by atoms with Crippen LogP contribution in [-0.4, -0.2) is 49.7 Å². The summed E-state index contributed by atoms with van der Waals surface area (Å²) in [7, 11) is -2.87. The molecule has 2 aliphatic rings. The molecular weight excluding hydrogens is 292 g/mol. The van der Waals surface area contributed by atoms with Gasteiger partial charge in [0, 0.05) is 12.6 Å². The monoisotopic (exact) mass is 318 g/mol. The van der Waals surface area contributed by atoms with Crippen molar-refractivity contribution in [3.63, 3.8) is 0 Å². The lowest BCUT2D eigenvalue weighted by Crippen LogP contribution is -2.61. The molecular formula is C14H26N2O4S. The Balaban J connectivity index is 1.83. The quantitative estimate of drug-likeness (QED) is 0.814. The van der Waals surface area contributed by atoms with E-state index in [2.05, 4.69) is 10.6 Å². The Hall–Kier alpha value is -0.820. The molecule has 122 valence electrons. The first-order valence-corrected chi connectivity index (χ1v) is 9.36. The van der Waals surface area contributed by atoms with Crippen LogP contribution in [0.4, 0.5) is 4.79 Å². The fourth-order valence-corrected chi connectivity index (χ4v) is 4.47. The standard InChI is InChI=1S/C14H26N2O4S/c1-13(2,3)20-12(17)16-14(6-4-7-14)10-15-11-5-8-21(18,19)9-11/h11,15H,4-10H2,1-3H3,(H,16,17). The highest BCUT2D eigenvalue weighted by Crippen LogP contribution is 2.32. The second-order valence-electron chi connectivity index (χ2n) is 7.24. The molecule has 0 spiro atoms. The van der Waals surface area contributed by atoms with E-state index in [9.17, 15) is 13.2 Å². The first kappa shape index (κ1) is 16.5. The summed E-state index contributed by atoms with van der Waals surface area (Å²) in [5.41, 5.74) is -0.795. The smallest absolute Gasteiger partial charge is 0.408 e. The molecule has 1 atom stereocenters. The third-order valence-electron chi connectivity index (χ3n) is 4.04. The first-order chi connectivity index (χ1) is 9.59. The highest BCUT2D eigenvalue weighted by Gasteiger charge is 2.40. The fraction of sp³-hybridized carbons (Fsp3) is 0.929. The highest BCUT2D eigenvalue weighted by molar-refractivity contribution is 7.91. The van der Waals surface area contributed by atoms with Gasteiger partial charge in [-0.3, -0.25) is 0 Å². The minimum Gasteiger partial charge on any atom is -0.444 e. The lowest BCUT2D eigenvalue weighted by molar-refractivity contribution is 0.0379. The van der Waals surface area contributed by atoms with Crippen LogP contribution in [0.1, 0.15) is 46.5 Å². The summed E-state index contributed by atoms with van der Waals surface area (Å²) in [6, 6.07) is 0.00733. The van der Waals surface area contributed by atoms with Gasteiger partial charge in [-0.25, -0.2) is 13.2 Å². The number of carbonyl (C=O) groups excluding carboxylic acids is 1. The van der Waals surface area contributed by atoms with Gasteiger partial charge in [-0.15, -0.1) is 0 Å². The topological polar surface area (TPSA) is 84.5 Å². The van der Waals surface area contributed by atoms with Crippen LogP contribution < -0.4 is 10.6 Å². The van der Waals surface area contributed by atoms with Crippen LogP contribution in [0.5, 0.6) is 0 Å². The molecule has 2 N–H and O–H groups in total. The van der Waals surface area contributed by atoms with E-state index in [1.165, 1.54) is 0 Å². The third-order valence-corrected chi connectivity index (χ3v) is 5.81. The molecule has 6 nitrogen and oxygen atoms in total. The average molecular weight is 318 g/mol. The summed E-state index contributed by atoms with van der Waals surface area (Å²) in [4.78, 5) is 11.9. The molecule has 2 fully saturated rings. The molecule has 1 saturated heterocycles. The Morgan fingerprint density at radius 1 is 1.33 bits per heavy atom. The van der Waals surface area contributed by atoms with E-state index in [1.54, 1.807) is 0 Å². The van der Waals surface area contributed by atoms with Crippen molar-refractivity contribution < 1.29 is 17.9 Å². The highest BCUT2D eigenvalue weighted by atomic mass is 32.2. The Kier molecular flexibility index (Phi) is 4.54. The van der Waals surface area contributed by atoms with Gasteiger partial charge < -0.3 is 15.4 Å². The summed E-state index contributed by atoms with van der Waals surface area (Å²) >= 11 is 0. The second kappa shape index (κ2) is 5.76. The van der Waals surface area contributed by atoms with Gasteiger partial charge in [0.1, 0.15) is 5.60 Å². The lowest BCUT2D eigenvalue weighted by Gasteiger charge is -2.43. The zero-order valence-electron chi connectivity index (χ0n) is 13.1. The number of alkyl carbamates (subject to hydrolysis) is 1. The van der Waals surface area contributed by atoms with Gasteiger partial charge in [-0.1, -0.05) is 0 Å². The zero-order valence-corrected chi connectivity index (χ0v) is 13.9. The van der Waals surface area contributed by atoms with E-state index >= 15 is 0 Å². The maximum Gasteiger partial charge on any atom is 0.408 e. The van der Waals surface area contributed by atoms with Gasteiger partial charge in [0.05, 0.1) is 17.0 Å². The number of amides is 1. The van der Waals surface area contributed by atoms with Crippen molar-refractivity contribution in [1.82, 2.24) is 10.6 Å². The van der Waals surface area contributed by atoms with Crippen LogP contribution in [0.25, 0.3) is 0 Å². The molecule has 1 saturated carbocycles. The largest absolute Gasteiger partial charge is 0.444 e. The van der Waals surface area contributed by atoms with Crippen LogP contribution in [0.3, 0.4) is 0 Å². The molecule has 0 aromatic rings. The predicted octanol–water partition coefficient (Wildman–Crippen LogP) is 1.21. The number of ether oxygens (including phenoxy) is 1. The Morgan fingerprint density at radius 2 is 2.00 bits per heavy atom.